The summed E-state index contributed by atoms with van der Waals surface area (Å²) in [5.74, 6) is -3.12. The van der Waals surface area contributed by atoms with Gasteiger partial charge in [-0.1, -0.05) is 0 Å². The predicted octanol–water partition coefficient (Wildman–Crippen LogP) is -1.64. The lowest BCUT2D eigenvalue weighted by Gasteiger charge is -2.26. The Morgan fingerprint density at radius 1 is 1.47 bits per heavy atom. The Morgan fingerprint density at radius 2 is 2.18 bits per heavy atom. The van der Waals surface area contributed by atoms with Crippen molar-refractivity contribution in [2.24, 2.45) is 0 Å². The van der Waals surface area contributed by atoms with Gasteiger partial charge < -0.3 is 24.4 Å². The van der Waals surface area contributed by atoms with Gasteiger partial charge in [0, 0.05) is 0 Å². The number of esters is 1. The number of aliphatic hydroxyl groups excluding tert-OH is 1. The zero-order chi connectivity index (χ0) is 12.6. The van der Waals surface area contributed by atoms with Crippen molar-refractivity contribution >= 4 is 11.8 Å². The molecule has 0 aromatic rings. The molecule has 2 rings (SSSR count). The van der Waals surface area contributed by atoms with Crippen molar-refractivity contribution < 1.29 is 34.0 Å². The quantitative estimate of drug-likeness (QED) is 0.349. The maximum atomic E-state index is 11.3. The van der Waals surface area contributed by atoms with Crippen molar-refractivity contribution in [3.8, 4) is 0 Å². The molecule has 0 bridgehead atoms. The van der Waals surface area contributed by atoms with Gasteiger partial charge in [0.1, 0.15) is 31.0 Å². The molecule has 17 heavy (non-hydrogen) atoms. The van der Waals surface area contributed by atoms with Gasteiger partial charge in [0.05, 0.1) is 6.61 Å². The van der Waals surface area contributed by atoms with Gasteiger partial charge in [0.2, 0.25) is 0 Å². The number of rotatable bonds is 3. The zero-order valence-corrected chi connectivity index (χ0v) is 9.29. The van der Waals surface area contributed by atoms with Crippen LogP contribution in [0.4, 0.5) is 0 Å². The maximum absolute atomic E-state index is 11.3. The molecule has 0 spiro atoms. The summed E-state index contributed by atoms with van der Waals surface area (Å²) in [7, 11) is 0. The van der Waals surface area contributed by atoms with Crippen LogP contribution in [-0.4, -0.2) is 59.3 Å². The van der Waals surface area contributed by atoms with E-state index in [2.05, 4.69) is 0 Å². The molecule has 0 radical (unpaired) electrons. The number of aliphatic hydroxyl groups is 2. The first-order valence-corrected chi connectivity index (χ1v) is 5.27. The van der Waals surface area contributed by atoms with E-state index < -0.39 is 36.5 Å². The molecule has 96 valence electrons. The van der Waals surface area contributed by atoms with Gasteiger partial charge >= 0.3 is 5.97 Å². The van der Waals surface area contributed by atoms with Crippen LogP contribution in [0.1, 0.15) is 13.3 Å². The molecule has 0 aliphatic carbocycles. The number of ketones is 1. The van der Waals surface area contributed by atoms with Crippen molar-refractivity contribution in [1.29, 1.82) is 0 Å². The highest BCUT2D eigenvalue weighted by Crippen LogP contribution is 2.35. The van der Waals surface area contributed by atoms with E-state index in [4.69, 9.17) is 14.2 Å². The monoisotopic (exact) mass is 246 g/mol. The minimum atomic E-state index is -1.92. The van der Waals surface area contributed by atoms with E-state index in [1.54, 1.807) is 0 Å². The normalized spacial score (nSPS) is 40.1. The molecule has 2 fully saturated rings. The first-order chi connectivity index (χ1) is 7.92. The second-order valence-electron chi connectivity index (χ2n) is 4.29. The lowest BCUT2D eigenvalue weighted by Crippen LogP contribution is -2.47. The van der Waals surface area contributed by atoms with Crippen LogP contribution in [0.25, 0.3) is 0 Å². The van der Waals surface area contributed by atoms with Crippen molar-refractivity contribution in [3.05, 3.63) is 0 Å². The summed E-state index contributed by atoms with van der Waals surface area (Å²) in [5, 5.41) is 19.5. The maximum Gasteiger partial charge on any atom is 0.315 e. The number of fused-ring (bicyclic) bond motifs is 1. The van der Waals surface area contributed by atoms with E-state index in [0.29, 0.717) is 0 Å². The van der Waals surface area contributed by atoms with E-state index in [1.807, 2.05) is 0 Å². The van der Waals surface area contributed by atoms with Gasteiger partial charge in [-0.15, -0.1) is 0 Å². The molecule has 0 aromatic carbocycles. The Bertz CT molecular complexity index is 342. The van der Waals surface area contributed by atoms with Gasteiger partial charge in [-0.3, -0.25) is 9.59 Å². The van der Waals surface area contributed by atoms with Crippen molar-refractivity contribution in [2.45, 2.75) is 37.4 Å². The van der Waals surface area contributed by atoms with Crippen LogP contribution in [0.5, 0.6) is 0 Å². The fraction of sp³-hybridized carbons (Fsp3) is 0.800. The molecule has 0 amide bonds. The van der Waals surface area contributed by atoms with Crippen molar-refractivity contribution in [1.82, 2.24) is 0 Å². The topological polar surface area (TPSA) is 102 Å². The number of carbonyl (C=O) groups is 2. The van der Waals surface area contributed by atoms with Crippen LogP contribution in [0, 0.1) is 0 Å². The minimum Gasteiger partial charge on any atom is -0.427 e. The zero-order valence-electron chi connectivity index (χ0n) is 9.29. The summed E-state index contributed by atoms with van der Waals surface area (Å²) in [6, 6.07) is 0. The predicted molar refractivity (Wildman–Crippen MR) is 51.8 cm³/mol. The van der Waals surface area contributed by atoms with Gasteiger partial charge in [0.15, 0.2) is 6.10 Å². The fourth-order valence-electron chi connectivity index (χ4n) is 2.00. The van der Waals surface area contributed by atoms with Crippen molar-refractivity contribution in [3.63, 3.8) is 0 Å². The molecule has 2 saturated heterocycles. The Labute approximate surface area is 97.3 Å². The first-order valence-electron chi connectivity index (χ1n) is 5.27. The SMILES string of the molecule is CC(=O)CC(=O)O[C@@]1(O)CO[C@@H]2[C@H](O)CO[C@@H]21. The lowest BCUT2D eigenvalue weighted by atomic mass is 10.1. The Morgan fingerprint density at radius 3 is 2.82 bits per heavy atom. The smallest absolute Gasteiger partial charge is 0.315 e. The molecule has 0 saturated carbocycles. The van der Waals surface area contributed by atoms with Crippen LogP contribution in [0.2, 0.25) is 0 Å². The second kappa shape index (κ2) is 4.34. The Hall–Kier alpha value is -1.02. The van der Waals surface area contributed by atoms with Gasteiger partial charge in [-0.2, -0.15) is 0 Å². The molecule has 0 unspecified atom stereocenters. The molecule has 2 aliphatic heterocycles. The average molecular weight is 246 g/mol. The summed E-state index contributed by atoms with van der Waals surface area (Å²) >= 11 is 0. The number of hydrogen-bond donors (Lipinski definition) is 2. The van der Waals surface area contributed by atoms with Gasteiger partial charge in [-0.25, -0.2) is 0 Å². The molecule has 2 aliphatic rings. The molecule has 2 N–H and O–H groups in total. The molecular formula is C10H14O7. The summed E-state index contributed by atoms with van der Waals surface area (Å²) in [6.45, 7) is 0.986. The molecule has 0 aromatic heterocycles. The molecule has 4 atom stereocenters. The third-order valence-electron chi connectivity index (χ3n) is 2.74. The summed E-state index contributed by atoms with van der Waals surface area (Å²) in [4.78, 5) is 22.0. The van der Waals surface area contributed by atoms with Crippen LogP contribution in [-0.2, 0) is 23.8 Å². The summed E-state index contributed by atoms with van der Waals surface area (Å²) < 4.78 is 15.1. The van der Waals surface area contributed by atoms with Crippen LogP contribution >= 0.6 is 0 Å². The van der Waals surface area contributed by atoms with Crippen molar-refractivity contribution in [2.75, 3.05) is 13.2 Å². The van der Waals surface area contributed by atoms with Crippen LogP contribution < -0.4 is 0 Å². The van der Waals surface area contributed by atoms with E-state index >= 15 is 0 Å². The average Bonchev–Trinajstić information content (AvgIpc) is 2.69. The first kappa shape index (κ1) is 12.4. The Balaban J connectivity index is 2.00. The van der Waals surface area contributed by atoms with E-state index in [-0.39, 0.29) is 19.0 Å². The Kier molecular flexibility index (Phi) is 3.17. The molecule has 7 nitrogen and oxygen atoms in total. The third-order valence-corrected chi connectivity index (χ3v) is 2.74. The number of Topliss-reactive ketones (excluding diaryl/α,β-unsaturated/α-hetero) is 1. The molecular weight excluding hydrogens is 232 g/mol. The second-order valence-corrected chi connectivity index (χ2v) is 4.29. The third kappa shape index (κ3) is 2.32. The number of carbonyl (C=O) groups excluding carboxylic acids is 2. The number of ether oxygens (including phenoxy) is 3. The minimum absolute atomic E-state index is 0.0158. The van der Waals surface area contributed by atoms with E-state index in [9.17, 15) is 19.8 Å². The fourth-order valence-corrected chi connectivity index (χ4v) is 2.00. The van der Waals surface area contributed by atoms with Gasteiger partial charge in [0.25, 0.3) is 5.79 Å². The van der Waals surface area contributed by atoms with Crippen LogP contribution in [0.15, 0.2) is 0 Å². The summed E-state index contributed by atoms with van der Waals surface area (Å²) in [5.41, 5.74) is 0. The lowest BCUT2D eigenvalue weighted by molar-refractivity contribution is -0.237. The van der Waals surface area contributed by atoms with Crippen LogP contribution in [0.3, 0.4) is 0 Å². The molecule has 2 heterocycles. The van der Waals surface area contributed by atoms with Gasteiger partial charge in [-0.05, 0) is 6.92 Å². The largest absolute Gasteiger partial charge is 0.427 e. The number of hydrogen-bond acceptors (Lipinski definition) is 7. The molecule has 7 heteroatoms. The highest BCUT2D eigenvalue weighted by Gasteiger charge is 2.58. The van der Waals surface area contributed by atoms with E-state index in [1.165, 1.54) is 6.92 Å². The highest BCUT2D eigenvalue weighted by atomic mass is 16.7. The standard InChI is InChI=1S/C10H14O7/c1-5(11)2-7(13)17-10(14)4-16-8-6(12)3-15-9(8)10/h6,8-9,12,14H,2-4H2,1H3/t6-,8-,9+,10+/m1/s1. The van der Waals surface area contributed by atoms with E-state index in [0.717, 1.165) is 0 Å². The summed E-state index contributed by atoms with van der Waals surface area (Å²) in [6.07, 6.45) is -2.87. The highest BCUT2D eigenvalue weighted by molar-refractivity contribution is 5.94.